The minimum absolute atomic E-state index is 0.196. The Labute approximate surface area is 117 Å². The van der Waals surface area contributed by atoms with Gasteiger partial charge in [0.2, 0.25) is 5.95 Å². The minimum Gasteiger partial charge on any atom is -0.363 e. The Bertz CT molecular complexity index is 580. The molecule has 2 rings (SSSR count). The van der Waals surface area contributed by atoms with Crippen LogP contribution in [-0.4, -0.2) is 26.3 Å². The molecule has 0 bridgehead atoms. The van der Waals surface area contributed by atoms with Crippen molar-refractivity contribution in [3.8, 4) is 0 Å². The molecule has 2 N–H and O–H groups in total. The Morgan fingerprint density at radius 1 is 1.30 bits per heavy atom. The summed E-state index contributed by atoms with van der Waals surface area (Å²) in [6, 6.07) is 0. The highest BCUT2D eigenvalue weighted by Crippen LogP contribution is 2.14. The fraction of sp³-hybridized carbons (Fsp3) is 0.462. The molecule has 108 valence electrons. The predicted octanol–water partition coefficient (Wildman–Crippen LogP) is 2.09. The van der Waals surface area contributed by atoms with Gasteiger partial charge in [-0.05, 0) is 13.3 Å². The molecule has 0 spiro atoms. The Balaban J connectivity index is 2.06. The number of hydrogen-bond acceptors (Lipinski definition) is 5. The van der Waals surface area contributed by atoms with Crippen molar-refractivity contribution in [2.45, 2.75) is 26.8 Å². The third-order valence-electron chi connectivity index (χ3n) is 3.06. The van der Waals surface area contributed by atoms with Gasteiger partial charge < -0.3 is 10.6 Å². The van der Waals surface area contributed by atoms with Gasteiger partial charge >= 0.3 is 0 Å². The van der Waals surface area contributed by atoms with Crippen LogP contribution in [0.2, 0.25) is 0 Å². The third-order valence-corrected chi connectivity index (χ3v) is 3.06. The number of hydrogen-bond donors (Lipinski definition) is 2. The van der Waals surface area contributed by atoms with Crippen molar-refractivity contribution in [3.05, 3.63) is 29.5 Å². The Kier molecular flexibility index (Phi) is 4.49. The van der Waals surface area contributed by atoms with Crippen molar-refractivity contribution in [1.29, 1.82) is 0 Å². The van der Waals surface area contributed by atoms with E-state index >= 15 is 0 Å². The summed E-state index contributed by atoms with van der Waals surface area (Å²) in [5, 5.41) is 10.2. The first-order chi connectivity index (χ1) is 9.61. The van der Waals surface area contributed by atoms with Gasteiger partial charge in [0, 0.05) is 31.4 Å². The second-order valence-electron chi connectivity index (χ2n) is 4.55. The van der Waals surface area contributed by atoms with Gasteiger partial charge in [-0.2, -0.15) is 10.1 Å². The monoisotopic (exact) mass is 278 g/mol. The summed E-state index contributed by atoms with van der Waals surface area (Å²) < 4.78 is 15.4. The molecule has 0 aromatic carbocycles. The van der Waals surface area contributed by atoms with E-state index in [2.05, 4.69) is 25.7 Å². The van der Waals surface area contributed by atoms with Crippen molar-refractivity contribution in [2.24, 2.45) is 7.05 Å². The Morgan fingerprint density at radius 2 is 2.10 bits per heavy atom. The van der Waals surface area contributed by atoms with E-state index in [-0.39, 0.29) is 5.82 Å². The van der Waals surface area contributed by atoms with Crippen LogP contribution in [0.25, 0.3) is 0 Å². The van der Waals surface area contributed by atoms with Crippen LogP contribution in [0, 0.1) is 12.7 Å². The quantitative estimate of drug-likeness (QED) is 0.847. The normalized spacial score (nSPS) is 10.6. The van der Waals surface area contributed by atoms with Crippen LogP contribution in [-0.2, 0) is 13.6 Å². The smallest absolute Gasteiger partial charge is 0.224 e. The summed E-state index contributed by atoms with van der Waals surface area (Å²) in [6.45, 7) is 5.24. The lowest BCUT2D eigenvalue weighted by Gasteiger charge is -2.08. The highest BCUT2D eigenvalue weighted by molar-refractivity contribution is 5.41. The van der Waals surface area contributed by atoms with Gasteiger partial charge in [0.1, 0.15) is 0 Å². The number of nitrogens with one attached hydrogen (secondary N) is 2. The second-order valence-corrected chi connectivity index (χ2v) is 4.55. The van der Waals surface area contributed by atoms with Crippen molar-refractivity contribution in [2.75, 3.05) is 17.2 Å². The van der Waals surface area contributed by atoms with Gasteiger partial charge in [0.15, 0.2) is 11.6 Å². The molecule has 0 saturated heterocycles. The molecule has 2 aromatic rings. The lowest BCUT2D eigenvalue weighted by molar-refractivity contribution is 0.617. The number of aryl methyl sites for hydroxylation is 1. The van der Waals surface area contributed by atoms with Crippen molar-refractivity contribution in [3.63, 3.8) is 0 Å². The van der Waals surface area contributed by atoms with Crippen LogP contribution >= 0.6 is 0 Å². The zero-order chi connectivity index (χ0) is 14.5. The van der Waals surface area contributed by atoms with E-state index in [1.807, 2.05) is 20.9 Å². The number of aromatic nitrogens is 4. The Morgan fingerprint density at radius 3 is 2.75 bits per heavy atom. The first-order valence-electron chi connectivity index (χ1n) is 6.59. The van der Waals surface area contributed by atoms with Gasteiger partial charge in [-0.15, -0.1) is 0 Å². The van der Waals surface area contributed by atoms with E-state index in [0.29, 0.717) is 12.5 Å². The highest BCUT2D eigenvalue weighted by atomic mass is 19.1. The summed E-state index contributed by atoms with van der Waals surface area (Å²) in [4.78, 5) is 8.03. The molecule has 0 radical (unpaired) electrons. The SMILES string of the molecule is CCCNc1ncc(F)c(NCc2cnn(C)c2C)n1. The van der Waals surface area contributed by atoms with Crippen LogP contribution in [0.15, 0.2) is 12.4 Å². The fourth-order valence-corrected chi connectivity index (χ4v) is 1.71. The largest absolute Gasteiger partial charge is 0.363 e. The highest BCUT2D eigenvalue weighted by Gasteiger charge is 2.08. The summed E-state index contributed by atoms with van der Waals surface area (Å²) in [7, 11) is 1.87. The third kappa shape index (κ3) is 3.23. The first kappa shape index (κ1) is 14.2. The molecule has 6 nitrogen and oxygen atoms in total. The molecule has 0 aliphatic rings. The molecule has 0 saturated carbocycles. The molecule has 7 heteroatoms. The number of anilines is 2. The van der Waals surface area contributed by atoms with E-state index in [0.717, 1.165) is 24.2 Å². The molecule has 0 amide bonds. The van der Waals surface area contributed by atoms with Gasteiger partial charge in [0.25, 0.3) is 0 Å². The molecule has 0 aliphatic heterocycles. The predicted molar refractivity (Wildman–Crippen MR) is 76.0 cm³/mol. The average Bonchev–Trinajstić information content (AvgIpc) is 2.76. The van der Waals surface area contributed by atoms with E-state index in [1.54, 1.807) is 10.9 Å². The minimum atomic E-state index is -0.464. The molecular weight excluding hydrogens is 259 g/mol. The van der Waals surface area contributed by atoms with Crippen molar-refractivity contribution in [1.82, 2.24) is 19.7 Å². The van der Waals surface area contributed by atoms with Gasteiger partial charge in [-0.3, -0.25) is 4.68 Å². The van der Waals surface area contributed by atoms with Crippen molar-refractivity contribution < 1.29 is 4.39 Å². The fourth-order valence-electron chi connectivity index (χ4n) is 1.71. The maximum atomic E-state index is 13.7. The number of rotatable bonds is 6. The zero-order valence-electron chi connectivity index (χ0n) is 11.9. The van der Waals surface area contributed by atoms with Crippen LogP contribution in [0.4, 0.5) is 16.2 Å². The first-order valence-corrected chi connectivity index (χ1v) is 6.59. The van der Waals surface area contributed by atoms with Crippen molar-refractivity contribution >= 4 is 11.8 Å². The average molecular weight is 278 g/mol. The van der Waals surface area contributed by atoms with Gasteiger partial charge in [0.05, 0.1) is 12.4 Å². The van der Waals surface area contributed by atoms with Gasteiger partial charge in [-0.25, -0.2) is 9.37 Å². The summed E-state index contributed by atoms with van der Waals surface area (Å²) in [6.07, 6.45) is 3.89. The maximum Gasteiger partial charge on any atom is 0.224 e. The number of halogens is 1. The summed E-state index contributed by atoms with van der Waals surface area (Å²) in [5.41, 5.74) is 2.05. The zero-order valence-corrected chi connectivity index (χ0v) is 11.9. The lowest BCUT2D eigenvalue weighted by Crippen LogP contribution is -2.09. The molecule has 0 unspecified atom stereocenters. The standard InChI is InChI=1S/C13H19FN6/c1-4-5-15-13-17-8-11(14)12(19-13)16-6-10-7-18-20(3)9(10)2/h7-8H,4-6H2,1-3H3,(H2,15,16,17,19). The molecular formula is C13H19FN6. The van der Waals surface area contributed by atoms with Crippen LogP contribution in [0.3, 0.4) is 0 Å². The van der Waals surface area contributed by atoms with E-state index in [9.17, 15) is 4.39 Å². The molecule has 20 heavy (non-hydrogen) atoms. The second kappa shape index (κ2) is 6.31. The summed E-state index contributed by atoms with van der Waals surface area (Å²) >= 11 is 0. The lowest BCUT2D eigenvalue weighted by atomic mass is 10.2. The molecule has 0 fully saturated rings. The van der Waals surface area contributed by atoms with Gasteiger partial charge in [-0.1, -0.05) is 6.92 Å². The molecule has 2 aromatic heterocycles. The van der Waals surface area contributed by atoms with Crippen LogP contribution < -0.4 is 10.6 Å². The molecule has 2 heterocycles. The topological polar surface area (TPSA) is 67.7 Å². The summed E-state index contributed by atoms with van der Waals surface area (Å²) in [5.74, 6) is 0.161. The van der Waals surface area contributed by atoms with Crippen LogP contribution in [0.5, 0.6) is 0 Å². The van der Waals surface area contributed by atoms with Crippen LogP contribution in [0.1, 0.15) is 24.6 Å². The maximum absolute atomic E-state index is 13.7. The molecule has 0 atom stereocenters. The Hall–Kier alpha value is -2.18. The van der Waals surface area contributed by atoms with E-state index in [1.165, 1.54) is 6.20 Å². The molecule has 0 aliphatic carbocycles. The number of nitrogens with zero attached hydrogens (tertiary/aromatic N) is 4. The van der Waals surface area contributed by atoms with E-state index in [4.69, 9.17) is 0 Å². The van der Waals surface area contributed by atoms with E-state index < -0.39 is 5.82 Å².